The van der Waals surface area contributed by atoms with E-state index in [1.54, 1.807) is 0 Å². The van der Waals surface area contributed by atoms with E-state index >= 15 is 0 Å². The highest BCUT2D eigenvalue weighted by Crippen LogP contribution is 2.39. The highest BCUT2D eigenvalue weighted by molar-refractivity contribution is 7.93. The van der Waals surface area contributed by atoms with Crippen LogP contribution in [0.5, 0.6) is 23.0 Å². The van der Waals surface area contributed by atoms with Gasteiger partial charge in [0.2, 0.25) is 0 Å². The number of methoxy groups -OCH3 is 2. The first-order valence-electron chi connectivity index (χ1n) is 7.58. The topological polar surface area (TPSA) is 120 Å². The number of aromatic hydroxyl groups is 1. The van der Waals surface area contributed by atoms with Crippen molar-refractivity contribution in [1.82, 2.24) is 5.16 Å². The summed E-state index contributed by atoms with van der Waals surface area (Å²) in [6.07, 6.45) is 0. The Morgan fingerprint density at radius 3 is 2.54 bits per heavy atom. The number of fused-ring (bicyclic) bond motifs is 1. The quantitative estimate of drug-likeness (QED) is 0.603. The molecule has 0 aliphatic heterocycles. The molecule has 2 N–H and O–H groups in total. The van der Waals surface area contributed by atoms with Crippen LogP contribution in [0.15, 0.2) is 39.8 Å². The van der Waals surface area contributed by atoms with Crippen molar-refractivity contribution in [2.24, 2.45) is 0 Å². The number of nitrogens with zero attached hydrogens (tertiary/aromatic N) is 1. The van der Waals surface area contributed by atoms with Gasteiger partial charge in [0.1, 0.15) is 28.4 Å². The first kappa shape index (κ1) is 19.5. The number of rotatable bonds is 7. The van der Waals surface area contributed by atoms with Crippen LogP contribution in [0.25, 0.3) is 11.0 Å². The van der Waals surface area contributed by atoms with E-state index in [0.717, 1.165) is 12.1 Å². The fraction of sp³-hybridized carbons (Fsp3) is 0.188. The highest BCUT2D eigenvalue weighted by Gasteiger charge is 2.27. The van der Waals surface area contributed by atoms with Crippen LogP contribution >= 0.6 is 0 Å². The summed E-state index contributed by atoms with van der Waals surface area (Å²) in [4.78, 5) is -0.509. The van der Waals surface area contributed by atoms with Gasteiger partial charge >= 0.3 is 6.61 Å². The summed E-state index contributed by atoms with van der Waals surface area (Å²) in [6.45, 7) is -3.07. The minimum absolute atomic E-state index is 0.0173. The maximum Gasteiger partial charge on any atom is 0.387 e. The van der Waals surface area contributed by atoms with Crippen LogP contribution in [0.3, 0.4) is 0 Å². The zero-order valence-electron chi connectivity index (χ0n) is 14.5. The molecule has 12 heteroatoms. The molecule has 0 bridgehead atoms. The summed E-state index contributed by atoms with van der Waals surface area (Å²) < 4.78 is 72.0. The fourth-order valence-corrected chi connectivity index (χ4v) is 3.78. The molecule has 0 amide bonds. The van der Waals surface area contributed by atoms with Crippen molar-refractivity contribution in [2.45, 2.75) is 11.5 Å². The van der Waals surface area contributed by atoms with Crippen molar-refractivity contribution in [3.63, 3.8) is 0 Å². The third-order valence-corrected chi connectivity index (χ3v) is 5.04. The second-order valence-corrected chi connectivity index (χ2v) is 6.94. The number of alkyl halides is 2. The Morgan fingerprint density at radius 2 is 1.89 bits per heavy atom. The number of nitrogens with one attached hydrogen (secondary N) is 1. The molecule has 0 atom stereocenters. The van der Waals surface area contributed by atoms with Crippen LogP contribution in [-0.2, 0) is 10.0 Å². The molecule has 0 spiro atoms. The molecule has 0 aliphatic carbocycles. The molecule has 0 unspecified atom stereocenters. The molecule has 0 aliphatic rings. The number of halogens is 2. The first-order valence-corrected chi connectivity index (χ1v) is 9.06. The molecular formula is C16H14F2N2O7S. The summed E-state index contributed by atoms with van der Waals surface area (Å²) in [5.41, 5.74) is -0.0584. The number of phenols is 1. The van der Waals surface area contributed by atoms with Gasteiger partial charge in [0, 0.05) is 12.1 Å². The molecule has 9 nitrogen and oxygen atoms in total. The van der Waals surface area contributed by atoms with E-state index in [1.807, 2.05) is 0 Å². The van der Waals surface area contributed by atoms with Crippen molar-refractivity contribution in [3.8, 4) is 23.0 Å². The number of phenolic OH excluding ortho intramolecular Hbond substituents is 1. The van der Waals surface area contributed by atoms with Gasteiger partial charge in [0.25, 0.3) is 10.0 Å². The summed E-state index contributed by atoms with van der Waals surface area (Å²) in [6, 6.07) is 6.17. The average molecular weight is 416 g/mol. The van der Waals surface area contributed by atoms with Gasteiger partial charge in [-0.05, 0) is 12.1 Å². The van der Waals surface area contributed by atoms with Gasteiger partial charge in [-0.1, -0.05) is 11.2 Å². The highest BCUT2D eigenvalue weighted by atomic mass is 32.2. The predicted octanol–water partition coefficient (Wildman–Crippen LogP) is 2.95. The van der Waals surface area contributed by atoms with Crippen LogP contribution in [-0.4, -0.2) is 39.5 Å². The minimum atomic E-state index is -4.36. The van der Waals surface area contributed by atoms with Gasteiger partial charge in [-0.15, -0.1) is 0 Å². The lowest BCUT2D eigenvalue weighted by Gasteiger charge is -2.12. The second kappa shape index (κ2) is 7.38. The summed E-state index contributed by atoms with van der Waals surface area (Å²) in [7, 11) is -1.87. The zero-order chi connectivity index (χ0) is 20.5. The van der Waals surface area contributed by atoms with E-state index in [0.29, 0.717) is 0 Å². The van der Waals surface area contributed by atoms with Crippen molar-refractivity contribution in [3.05, 3.63) is 30.3 Å². The van der Waals surface area contributed by atoms with Gasteiger partial charge in [-0.2, -0.15) is 8.78 Å². The largest absolute Gasteiger partial charge is 0.506 e. The Hall–Kier alpha value is -3.28. The lowest BCUT2D eigenvalue weighted by atomic mass is 10.2. The van der Waals surface area contributed by atoms with Crippen LogP contribution in [0.1, 0.15) is 0 Å². The molecule has 28 heavy (non-hydrogen) atoms. The molecule has 150 valence electrons. The third-order valence-electron chi connectivity index (χ3n) is 3.63. The smallest absolute Gasteiger partial charge is 0.387 e. The molecule has 0 saturated carbocycles. The van der Waals surface area contributed by atoms with Crippen molar-refractivity contribution in [1.29, 1.82) is 0 Å². The number of sulfonamides is 1. The van der Waals surface area contributed by atoms with E-state index in [9.17, 15) is 22.3 Å². The Bertz CT molecular complexity index is 1120. The molecule has 1 heterocycles. The number of ether oxygens (including phenoxy) is 3. The van der Waals surface area contributed by atoms with Gasteiger partial charge in [0.05, 0.1) is 14.2 Å². The van der Waals surface area contributed by atoms with Gasteiger partial charge < -0.3 is 23.8 Å². The van der Waals surface area contributed by atoms with E-state index in [4.69, 9.17) is 14.0 Å². The van der Waals surface area contributed by atoms with E-state index in [-0.39, 0.29) is 34.0 Å². The Morgan fingerprint density at radius 1 is 1.18 bits per heavy atom. The van der Waals surface area contributed by atoms with Crippen LogP contribution in [0, 0.1) is 0 Å². The molecule has 1 aromatic heterocycles. The lowest BCUT2D eigenvalue weighted by Crippen LogP contribution is -2.15. The zero-order valence-corrected chi connectivity index (χ0v) is 15.3. The fourth-order valence-electron chi connectivity index (χ4n) is 2.53. The molecule has 3 aromatic rings. The molecule has 0 saturated heterocycles. The second-order valence-electron chi connectivity index (χ2n) is 5.32. The molecule has 0 radical (unpaired) electrons. The monoisotopic (exact) mass is 416 g/mol. The lowest BCUT2D eigenvalue weighted by molar-refractivity contribution is -0.0498. The number of benzene rings is 2. The maximum atomic E-state index is 12.8. The van der Waals surface area contributed by atoms with Crippen molar-refractivity contribution in [2.75, 3.05) is 18.9 Å². The molecular weight excluding hydrogens is 402 g/mol. The Kier molecular flexibility index (Phi) is 5.14. The van der Waals surface area contributed by atoms with E-state index in [2.05, 4.69) is 14.6 Å². The normalized spacial score (nSPS) is 11.6. The number of hydrogen-bond donors (Lipinski definition) is 2. The average Bonchev–Trinajstić information content (AvgIpc) is 3.02. The number of hydrogen-bond acceptors (Lipinski definition) is 8. The Labute approximate surface area is 157 Å². The van der Waals surface area contributed by atoms with Gasteiger partial charge in [-0.3, -0.25) is 4.72 Å². The predicted molar refractivity (Wildman–Crippen MR) is 92.7 cm³/mol. The number of aromatic nitrogens is 1. The molecule has 2 aromatic carbocycles. The van der Waals surface area contributed by atoms with E-state index < -0.39 is 27.3 Å². The minimum Gasteiger partial charge on any atom is -0.506 e. The third kappa shape index (κ3) is 3.58. The first-order chi connectivity index (χ1) is 13.3. The Balaban J connectivity index is 2.08. The standard InChI is InChI=1S/C16H14F2N2O7S/c1-24-10-5-3-4-9(21)14(10)28(22,23)20-15-13-11(25-2)6-8(26-16(17)18)7-12(13)27-19-15/h3-7,16,21H,1-2H3,(H,19,20). The van der Waals surface area contributed by atoms with E-state index in [1.165, 1.54) is 32.4 Å². The molecule has 3 rings (SSSR count). The summed E-state index contributed by atoms with van der Waals surface area (Å²) in [5.74, 6) is -1.19. The SMILES string of the molecule is COc1cccc(O)c1S(=O)(=O)Nc1noc2cc(OC(F)F)cc(OC)c12. The maximum absolute atomic E-state index is 12.8. The summed E-state index contributed by atoms with van der Waals surface area (Å²) >= 11 is 0. The van der Waals surface area contributed by atoms with Crippen molar-refractivity contribution < 1.29 is 41.0 Å². The number of anilines is 1. The van der Waals surface area contributed by atoms with Crippen LogP contribution < -0.4 is 18.9 Å². The van der Waals surface area contributed by atoms with Crippen LogP contribution in [0.2, 0.25) is 0 Å². The summed E-state index contributed by atoms with van der Waals surface area (Å²) in [5, 5.41) is 13.6. The molecule has 0 fully saturated rings. The van der Waals surface area contributed by atoms with Crippen LogP contribution in [0.4, 0.5) is 14.6 Å². The van der Waals surface area contributed by atoms with Crippen molar-refractivity contribution >= 4 is 26.8 Å². The van der Waals surface area contributed by atoms with Gasteiger partial charge in [0.15, 0.2) is 16.3 Å². The van der Waals surface area contributed by atoms with Gasteiger partial charge in [-0.25, -0.2) is 8.42 Å².